The van der Waals surface area contributed by atoms with Gasteiger partial charge in [-0.15, -0.1) is 0 Å². The van der Waals surface area contributed by atoms with E-state index in [1.165, 1.54) is 77.0 Å². The van der Waals surface area contributed by atoms with Crippen molar-refractivity contribution in [1.82, 2.24) is 5.32 Å². The molecule has 0 aromatic rings. The molecule has 1 atom stereocenters. The Morgan fingerprint density at radius 2 is 1.07 bits per heavy atom. The van der Waals surface area contributed by atoms with Gasteiger partial charge in [0.2, 0.25) is 5.91 Å². The second-order valence-electron chi connectivity index (χ2n) is 7.76. The van der Waals surface area contributed by atoms with E-state index in [-0.39, 0.29) is 63.7 Å². The van der Waals surface area contributed by atoms with E-state index < -0.39 is 24.4 Å². The number of rotatable bonds is 20. The SMILES string of the molecule is CCCCCCCCCCCCCCCCCC(=O)NC(CC(=O)O)C(=O)O.[KH]. The quantitative estimate of drug-likeness (QED) is 0.189. The minimum atomic E-state index is -1.35. The molecule has 3 N–H and O–H groups in total. The molecule has 0 aromatic carbocycles. The summed E-state index contributed by atoms with van der Waals surface area (Å²) >= 11 is 0. The van der Waals surface area contributed by atoms with Crippen molar-refractivity contribution >= 4 is 69.2 Å². The number of unbranched alkanes of at least 4 members (excludes halogenated alkanes) is 14. The maximum absolute atomic E-state index is 11.7. The third kappa shape index (κ3) is 22.6. The maximum atomic E-state index is 11.7. The summed E-state index contributed by atoms with van der Waals surface area (Å²) in [6.45, 7) is 2.25. The van der Waals surface area contributed by atoms with Crippen molar-refractivity contribution in [1.29, 1.82) is 0 Å². The summed E-state index contributed by atoms with van der Waals surface area (Å²) < 4.78 is 0. The van der Waals surface area contributed by atoms with Gasteiger partial charge in [0, 0.05) is 6.42 Å². The first kappa shape index (κ1) is 31.2. The number of hydrogen-bond donors (Lipinski definition) is 3. The van der Waals surface area contributed by atoms with Gasteiger partial charge >= 0.3 is 63.3 Å². The number of hydrogen-bond acceptors (Lipinski definition) is 3. The third-order valence-electron chi connectivity index (χ3n) is 5.02. The molecule has 0 bridgehead atoms. The predicted octanol–water partition coefficient (Wildman–Crippen LogP) is 4.64. The van der Waals surface area contributed by atoms with Crippen molar-refractivity contribution < 1.29 is 24.6 Å². The summed E-state index contributed by atoms with van der Waals surface area (Å²) in [7, 11) is 0. The van der Waals surface area contributed by atoms with Crippen LogP contribution in [0.4, 0.5) is 0 Å². The van der Waals surface area contributed by atoms with Gasteiger partial charge in [-0.2, -0.15) is 0 Å². The first-order valence-electron chi connectivity index (χ1n) is 11.2. The second-order valence-corrected chi connectivity index (χ2v) is 7.76. The molecule has 0 saturated carbocycles. The molecule has 0 fully saturated rings. The Kier molecular flexibility index (Phi) is 24.5. The Morgan fingerprint density at radius 3 is 1.41 bits per heavy atom. The van der Waals surface area contributed by atoms with Gasteiger partial charge in [-0.25, -0.2) is 4.79 Å². The van der Waals surface area contributed by atoms with E-state index in [2.05, 4.69) is 12.2 Å². The van der Waals surface area contributed by atoms with Gasteiger partial charge in [0.15, 0.2) is 0 Å². The van der Waals surface area contributed by atoms with Crippen LogP contribution in [0, 0.1) is 0 Å². The van der Waals surface area contributed by atoms with Crippen LogP contribution in [0.3, 0.4) is 0 Å². The zero-order valence-electron chi connectivity index (χ0n) is 17.7. The molecule has 0 rings (SSSR count). The molecule has 29 heavy (non-hydrogen) atoms. The van der Waals surface area contributed by atoms with E-state index in [9.17, 15) is 14.4 Å². The molecule has 0 radical (unpaired) electrons. The van der Waals surface area contributed by atoms with Crippen molar-refractivity contribution in [3.8, 4) is 0 Å². The van der Waals surface area contributed by atoms with E-state index in [1.54, 1.807) is 0 Å². The molecule has 0 spiro atoms. The molecule has 7 heteroatoms. The first-order valence-corrected chi connectivity index (χ1v) is 11.2. The van der Waals surface area contributed by atoms with Crippen LogP contribution in [0.25, 0.3) is 0 Å². The van der Waals surface area contributed by atoms with Crippen LogP contribution in [-0.4, -0.2) is 85.5 Å². The molecule has 0 aliphatic heterocycles. The van der Waals surface area contributed by atoms with Crippen LogP contribution in [0.1, 0.15) is 116 Å². The Morgan fingerprint density at radius 1 is 0.690 bits per heavy atom. The molecule has 0 aliphatic rings. The summed E-state index contributed by atoms with van der Waals surface area (Å²) in [4.78, 5) is 33.2. The van der Waals surface area contributed by atoms with Crippen LogP contribution in [0.5, 0.6) is 0 Å². The summed E-state index contributed by atoms with van der Waals surface area (Å²) in [5.41, 5.74) is 0. The number of nitrogens with one attached hydrogen (secondary N) is 1. The molecule has 0 saturated heterocycles. The third-order valence-corrected chi connectivity index (χ3v) is 5.02. The fourth-order valence-corrected chi connectivity index (χ4v) is 3.30. The molecule has 6 nitrogen and oxygen atoms in total. The van der Waals surface area contributed by atoms with E-state index in [0.29, 0.717) is 6.42 Å². The number of amides is 1. The van der Waals surface area contributed by atoms with E-state index >= 15 is 0 Å². The average Bonchev–Trinajstić information content (AvgIpc) is 2.64. The molecule has 166 valence electrons. The fourth-order valence-electron chi connectivity index (χ4n) is 3.30. The average molecular weight is 440 g/mol. The van der Waals surface area contributed by atoms with Gasteiger partial charge in [-0.3, -0.25) is 9.59 Å². The Hall–Kier alpha value is 0.0464. The van der Waals surface area contributed by atoms with E-state index in [4.69, 9.17) is 10.2 Å². The molecular weight excluding hydrogens is 397 g/mol. The van der Waals surface area contributed by atoms with Crippen LogP contribution >= 0.6 is 0 Å². The Balaban J connectivity index is 0. The second kappa shape index (κ2) is 22.7. The molecule has 0 heterocycles. The van der Waals surface area contributed by atoms with Crippen molar-refractivity contribution in [3.05, 3.63) is 0 Å². The molecule has 1 amide bonds. The zero-order chi connectivity index (χ0) is 21.0. The molecule has 1 unspecified atom stereocenters. The van der Waals surface area contributed by atoms with E-state index in [1.807, 2.05) is 0 Å². The summed E-state index contributed by atoms with van der Waals surface area (Å²) in [6.07, 6.45) is 18.3. The monoisotopic (exact) mass is 439 g/mol. The first-order chi connectivity index (χ1) is 13.5. The van der Waals surface area contributed by atoms with Gasteiger partial charge < -0.3 is 15.5 Å². The van der Waals surface area contributed by atoms with Crippen molar-refractivity contribution in [2.24, 2.45) is 0 Å². The molecular formula is C22H42KNO5. The van der Waals surface area contributed by atoms with Crippen molar-refractivity contribution in [2.45, 2.75) is 122 Å². The Labute approximate surface area is 219 Å². The zero-order valence-corrected chi connectivity index (χ0v) is 17.7. The number of carbonyl (C=O) groups excluding carboxylic acids is 1. The summed E-state index contributed by atoms with van der Waals surface area (Å²) in [5.74, 6) is -2.93. The van der Waals surface area contributed by atoms with E-state index in [0.717, 1.165) is 12.8 Å². The number of aliphatic carboxylic acids is 2. The number of carboxylic acids is 2. The standard InChI is InChI=1S/C22H41NO5.K.H/c1-2-3-4-5-6-7-8-9-10-11-12-13-14-15-16-17-20(24)23-19(22(27)28)18-21(25)26;;/h19H,2-18H2,1H3,(H,23,24)(H,25,26)(H,27,28);;. The number of carbonyl (C=O) groups is 3. The van der Waals surface area contributed by atoms with Crippen molar-refractivity contribution in [2.75, 3.05) is 0 Å². The summed E-state index contributed by atoms with van der Waals surface area (Å²) in [5, 5.41) is 19.8. The van der Waals surface area contributed by atoms with Crippen molar-refractivity contribution in [3.63, 3.8) is 0 Å². The topological polar surface area (TPSA) is 104 Å². The van der Waals surface area contributed by atoms with Crippen LogP contribution in [0.2, 0.25) is 0 Å². The van der Waals surface area contributed by atoms with Gasteiger partial charge in [-0.05, 0) is 6.42 Å². The molecule has 0 aromatic heterocycles. The fraction of sp³-hybridized carbons (Fsp3) is 0.864. The van der Waals surface area contributed by atoms with Gasteiger partial charge in [0.05, 0.1) is 6.42 Å². The molecule has 0 aliphatic carbocycles. The summed E-state index contributed by atoms with van der Waals surface area (Å²) in [6, 6.07) is -1.35. The van der Waals surface area contributed by atoms with Crippen LogP contribution in [0.15, 0.2) is 0 Å². The van der Waals surface area contributed by atoms with Gasteiger partial charge in [0.1, 0.15) is 6.04 Å². The normalized spacial score (nSPS) is 11.5. The van der Waals surface area contributed by atoms with Crippen LogP contribution < -0.4 is 5.32 Å². The van der Waals surface area contributed by atoms with Gasteiger partial charge in [0.25, 0.3) is 0 Å². The van der Waals surface area contributed by atoms with Gasteiger partial charge in [-0.1, -0.05) is 96.8 Å². The number of carboxylic acid groups (broad SMARTS) is 2. The predicted molar refractivity (Wildman–Crippen MR) is 119 cm³/mol. The van der Waals surface area contributed by atoms with Crippen LogP contribution in [-0.2, 0) is 14.4 Å². The Bertz CT molecular complexity index is 431. The minimum absolute atomic E-state index is 0.